The summed E-state index contributed by atoms with van der Waals surface area (Å²) in [6, 6.07) is 17.8. The van der Waals surface area contributed by atoms with Gasteiger partial charge in [0, 0.05) is 47.3 Å². The van der Waals surface area contributed by atoms with Gasteiger partial charge < -0.3 is 23.8 Å². The van der Waals surface area contributed by atoms with E-state index in [1.165, 1.54) is 6.42 Å². The van der Waals surface area contributed by atoms with E-state index < -0.39 is 5.41 Å². The molecule has 3 aromatic rings. The second-order valence-electron chi connectivity index (χ2n) is 9.84. The number of carbonyl (C=O) groups excluding carboxylic acids is 1. The predicted molar refractivity (Wildman–Crippen MR) is 149 cm³/mol. The van der Waals surface area contributed by atoms with Crippen LogP contribution in [0, 0.1) is 0 Å². The molecule has 5 rings (SSSR count). The molecule has 3 aromatic carbocycles. The van der Waals surface area contributed by atoms with Gasteiger partial charge in [0.05, 0.1) is 28.4 Å². The molecule has 0 bridgehead atoms. The highest BCUT2D eigenvalue weighted by Crippen LogP contribution is 2.49. The Bertz CT molecular complexity index is 1300. The van der Waals surface area contributed by atoms with Gasteiger partial charge >= 0.3 is 0 Å². The van der Waals surface area contributed by atoms with Crippen LogP contribution in [-0.2, 0) is 11.8 Å². The van der Waals surface area contributed by atoms with Gasteiger partial charge in [0.15, 0.2) is 0 Å². The summed E-state index contributed by atoms with van der Waals surface area (Å²) >= 11 is 0. The molecule has 1 aliphatic heterocycles. The fraction of sp³-hybridized carbons (Fsp3) is 0.344. The lowest BCUT2D eigenvalue weighted by molar-refractivity contribution is 0.0723. The Morgan fingerprint density at radius 2 is 1.37 bits per heavy atom. The molecule has 1 fully saturated rings. The molecule has 6 nitrogen and oxygen atoms in total. The first kappa shape index (κ1) is 25.7. The molecule has 1 saturated heterocycles. The Hall–Kier alpha value is -3.93. The van der Waals surface area contributed by atoms with Crippen LogP contribution in [0.2, 0.25) is 0 Å². The number of allylic oxidation sites excluding steroid dienone is 1. The van der Waals surface area contributed by atoms with E-state index in [4.69, 9.17) is 18.9 Å². The summed E-state index contributed by atoms with van der Waals surface area (Å²) in [4.78, 5) is 15.8. The number of fused-ring (bicyclic) bond motifs is 1. The summed E-state index contributed by atoms with van der Waals surface area (Å²) in [6.07, 6.45) is 8.18. The van der Waals surface area contributed by atoms with Gasteiger partial charge in [-0.3, -0.25) is 4.79 Å². The highest BCUT2D eigenvalue weighted by Gasteiger charge is 2.41. The molecule has 6 heteroatoms. The zero-order chi connectivity index (χ0) is 26.7. The summed E-state index contributed by atoms with van der Waals surface area (Å²) in [5, 5.41) is 0. The fourth-order valence-corrected chi connectivity index (χ4v) is 5.84. The van der Waals surface area contributed by atoms with Crippen molar-refractivity contribution in [1.82, 2.24) is 4.90 Å². The maximum Gasteiger partial charge on any atom is 0.254 e. The molecule has 0 spiro atoms. The number of rotatable bonds is 7. The van der Waals surface area contributed by atoms with E-state index in [-0.39, 0.29) is 5.91 Å². The van der Waals surface area contributed by atoms with Crippen LogP contribution in [0.3, 0.4) is 0 Å². The third kappa shape index (κ3) is 4.49. The molecule has 0 unspecified atom stereocenters. The topological polar surface area (TPSA) is 57.2 Å². The predicted octanol–water partition coefficient (Wildman–Crippen LogP) is 5.90. The average Bonchev–Trinajstić information content (AvgIpc) is 2.99. The first-order chi connectivity index (χ1) is 18.5. The van der Waals surface area contributed by atoms with Crippen LogP contribution >= 0.6 is 0 Å². The van der Waals surface area contributed by atoms with Crippen molar-refractivity contribution in [3.05, 3.63) is 88.5 Å². The molecule has 1 amide bonds. The van der Waals surface area contributed by atoms with E-state index in [1.807, 2.05) is 53.4 Å². The largest absolute Gasteiger partial charge is 0.497 e. The number of likely N-dealkylation sites (tertiary alicyclic amines) is 1. The molecule has 0 radical (unpaired) electrons. The van der Waals surface area contributed by atoms with Gasteiger partial charge in [-0.05, 0) is 55.0 Å². The molecular formula is C32H35NO5. The Kier molecular flexibility index (Phi) is 7.32. The van der Waals surface area contributed by atoms with Crippen LogP contribution in [0.4, 0.5) is 0 Å². The minimum absolute atomic E-state index is 0.106. The Morgan fingerprint density at radius 1 is 0.763 bits per heavy atom. The van der Waals surface area contributed by atoms with Gasteiger partial charge in [-0.15, -0.1) is 0 Å². The third-order valence-corrected chi connectivity index (χ3v) is 7.87. The van der Waals surface area contributed by atoms with Crippen molar-refractivity contribution in [2.75, 3.05) is 41.5 Å². The van der Waals surface area contributed by atoms with Crippen molar-refractivity contribution in [2.45, 2.75) is 31.1 Å². The zero-order valence-electron chi connectivity index (χ0n) is 22.6. The second kappa shape index (κ2) is 10.8. The van der Waals surface area contributed by atoms with Crippen molar-refractivity contribution < 1.29 is 23.7 Å². The molecule has 38 heavy (non-hydrogen) atoms. The molecule has 0 N–H and O–H groups in total. The number of carbonyl (C=O) groups is 1. The van der Waals surface area contributed by atoms with Crippen LogP contribution in [0.5, 0.6) is 23.0 Å². The molecule has 198 valence electrons. The first-order valence-electron chi connectivity index (χ1n) is 13.1. The Labute approximate surface area is 224 Å². The molecule has 0 saturated carbocycles. The lowest BCUT2D eigenvalue weighted by Gasteiger charge is -2.38. The highest BCUT2D eigenvalue weighted by atomic mass is 16.5. The van der Waals surface area contributed by atoms with Gasteiger partial charge in [0.25, 0.3) is 5.91 Å². The van der Waals surface area contributed by atoms with E-state index >= 15 is 0 Å². The van der Waals surface area contributed by atoms with Crippen LogP contribution < -0.4 is 18.9 Å². The van der Waals surface area contributed by atoms with Gasteiger partial charge in [0.2, 0.25) is 0 Å². The van der Waals surface area contributed by atoms with Crippen LogP contribution in [0.25, 0.3) is 6.08 Å². The summed E-state index contributed by atoms with van der Waals surface area (Å²) in [5.41, 5.74) is 4.11. The normalized spacial score (nSPS) is 15.9. The van der Waals surface area contributed by atoms with Crippen molar-refractivity contribution in [3.8, 4) is 23.0 Å². The fourth-order valence-electron chi connectivity index (χ4n) is 5.84. The Morgan fingerprint density at radius 3 is 1.92 bits per heavy atom. The van der Waals surface area contributed by atoms with Crippen molar-refractivity contribution >= 4 is 12.0 Å². The highest BCUT2D eigenvalue weighted by molar-refractivity contribution is 5.97. The molecule has 0 atom stereocenters. The molecule has 1 aliphatic carbocycles. The lowest BCUT2D eigenvalue weighted by atomic mass is 9.66. The molecule has 0 aromatic heterocycles. The number of amides is 1. The van der Waals surface area contributed by atoms with Crippen LogP contribution in [0.1, 0.15) is 51.9 Å². The maximum absolute atomic E-state index is 13.8. The summed E-state index contributed by atoms with van der Waals surface area (Å²) in [6.45, 7) is 1.62. The number of ether oxygens (including phenoxy) is 4. The lowest BCUT2D eigenvalue weighted by Crippen LogP contribution is -2.37. The minimum Gasteiger partial charge on any atom is -0.497 e. The van der Waals surface area contributed by atoms with E-state index in [0.717, 1.165) is 53.7 Å². The van der Waals surface area contributed by atoms with Gasteiger partial charge in [-0.1, -0.05) is 36.4 Å². The van der Waals surface area contributed by atoms with Gasteiger partial charge in [-0.25, -0.2) is 0 Å². The zero-order valence-corrected chi connectivity index (χ0v) is 22.6. The maximum atomic E-state index is 13.8. The van der Waals surface area contributed by atoms with Crippen molar-refractivity contribution in [3.63, 3.8) is 0 Å². The monoisotopic (exact) mass is 513 g/mol. The van der Waals surface area contributed by atoms with E-state index in [2.05, 4.69) is 18.2 Å². The van der Waals surface area contributed by atoms with Crippen molar-refractivity contribution in [2.24, 2.45) is 0 Å². The van der Waals surface area contributed by atoms with E-state index in [0.29, 0.717) is 29.4 Å². The summed E-state index contributed by atoms with van der Waals surface area (Å²) in [7, 11) is 6.63. The SMILES string of the molecule is COc1ccc(C2(c3ccc(OC)cc3OC)C=Cc3cccc(C(=O)N4CCCCC4)c3C2)c(OC)c1. The Balaban J connectivity index is 1.72. The quantitative estimate of drug-likeness (QED) is 0.394. The number of hydrogen-bond donors (Lipinski definition) is 0. The van der Waals surface area contributed by atoms with Gasteiger partial charge in [-0.2, -0.15) is 0 Å². The number of nitrogens with zero attached hydrogens (tertiary/aromatic N) is 1. The van der Waals surface area contributed by atoms with Crippen LogP contribution in [0.15, 0.2) is 60.7 Å². The van der Waals surface area contributed by atoms with E-state index in [9.17, 15) is 4.79 Å². The second-order valence-corrected chi connectivity index (χ2v) is 9.84. The minimum atomic E-state index is -0.666. The smallest absolute Gasteiger partial charge is 0.254 e. The number of methoxy groups -OCH3 is 4. The molecular weight excluding hydrogens is 478 g/mol. The van der Waals surface area contributed by atoms with E-state index in [1.54, 1.807) is 28.4 Å². The first-order valence-corrected chi connectivity index (χ1v) is 13.1. The third-order valence-electron chi connectivity index (χ3n) is 7.87. The summed E-state index contributed by atoms with van der Waals surface area (Å²) < 4.78 is 22.8. The molecule has 2 aliphatic rings. The number of hydrogen-bond acceptors (Lipinski definition) is 5. The molecule has 1 heterocycles. The summed E-state index contributed by atoms with van der Waals surface area (Å²) in [5.74, 6) is 2.94. The van der Waals surface area contributed by atoms with Gasteiger partial charge in [0.1, 0.15) is 23.0 Å². The van der Waals surface area contributed by atoms with Crippen LogP contribution in [-0.4, -0.2) is 52.3 Å². The standard InChI is InChI=1S/C32H35NO5/c1-35-23-11-13-27(29(19-23)37-3)32(28-14-12-24(36-2)20-30(28)38-4)16-15-22-9-8-10-25(26(22)21-32)31(34)33-17-6-5-7-18-33/h8-16,19-20H,5-7,17-18,21H2,1-4H3. The number of piperidine rings is 1. The van der Waals surface area contributed by atoms with Crippen molar-refractivity contribution in [1.29, 1.82) is 0 Å². The number of benzene rings is 3. The average molecular weight is 514 g/mol.